The van der Waals surface area contributed by atoms with Gasteiger partial charge < -0.3 is 5.32 Å². The van der Waals surface area contributed by atoms with E-state index in [0.29, 0.717) is 0 Å². The van der Waals surface area contributed by atoms with E-state index in [2.05, 4.69) is 18.1 Å². The Balaban J connectivity index is 2.10. The summed E-state index contributed by atoms with van der Waals surface area (Å²) in [4.78, 5) is 12.2. The minimum absolute atomic E-state index is 0.177. The molecule has 1 aromatic rings. The Kier molecular flexibility index (Phi) is 4.38. The van der Waals surface area contributed by atoms with Gasteiger partial charge in [-0.15, -0.1) is 0 Å². The van der Waals surface area contributed by atoms with Gasteiger partial charge in [0.25, 0.3) is 5.91 Å². The molecule has 2 rings (SSSR count). The molecule has 0 spiro atoms. The number of carbonyl (C=O) groups is 1. The first kappa shape index (κ1) is 14.6. The highest BCUT2D eigenvalue weighted by molar-refractivity contribution is 7.77. The Morgan fingerprint density at radius 3 is 2.74 bits per heavy atom. The van der Waals surface area contributed by atoms with Gasteiger partial charge in [0.15, 0.2) is 0 Å². The Labute approximate surface area is 122 Å². The van der Waals surface area contributed by atoms with Gasteiger partial charge in [-0.2, -0.15) is 0 Å². The average Bonchev–Trinajstić information content (AvgIpc) is 2.36. The van der Waals surface area contributed by atoms with Crippen molar-refractivity contribution in [1.82, 2.24) is 9.62 Å². The fraction of sp³-hybridized carbons (Fsp3) is 0.462. The highest BCUT2D eigenvalue weighted by Crippen LogP contribution is 2.24. The van der Waals surface area contributed by atoms with Crippen LogP contribution in [0.15, 0.2) is 18.2 Å². The maximum atomic E-state index is 13.2. The smallest absolute Gasteiger partial charge is 0.253 e. The third-order valence-electron chi connectivity index (χ3n) is 3.43. The number of benzene rings is 1. The second-order valence-corrected chi connectivity index (χ2v) is 6.07. The third kappa shape index (κ3) is 3.61. The second-order valence-electron chi connectivity index (χ2n) is 5.09. The summed E-state index contributed by atoms with van der Waals surface area (Å²) >= 11 is 10.2. The predicted molar refractivity (Wildman–Crippen MR) is 77.1 cm³/mol. The van der Waals surface area contributed by atoms with Gasteiger partial charge in [0.05, 0.1) is 10.6 Å². The van der Waals surface area contributed by atoms with Crippen molar-refractivity contribution in [3.05, 3.63) is 34.6 Å². The largest absolute Gasteiger partial charge is 0.347 e. The number of hydrogen-bond donors (Lipinski definition) is 2. The number of carbonyl (C=O) groups excluding carboxylic acids is 1. The van der Waals surface area contributed by atoms with Gasteiger partial charge in [-0.25, -0.2) is 4.39 Å². The summed E-state index contributed by atoms with van der Waals surface area (Å²) in [5.74, 6) is -0.801. The van der Waals surface area contributed by atoms with Crippen LogP contribution in [-0.2, 0) is 0 Å². The summed E-state index contributed by atoms with van der Waals surface area (Å²) in [6.07, 6.45) is 1.60. The first-order valence-electron chi connectivity index (χ1n) is 6.11. The molecule has 0 aliphatic carbocycles. The molecule has 104 valence electrons. The SMILES string of the molecule is CC1(NC(=O)c2cc(F)ccc2Cl)CCN(S)CC1. The van der Waals surface area contributed by atoms with Crippen molar-refractivity contribution in [3.8, 4) is 0 Å². The van der Waals surface area contributed by atoms with Crippen LogP contribution in [0.25, 0.3) is 0 Å². The van der Waals surface area contributed by atoms with Crippen molar-refractivity contribution in [2.45, 2.75) is 25.3 Å². The van der Waals surface area contributed by atoms with E-state index in [0.717, 1.165) is 32.0 Å². The van der Waals surface area contributed by atoms with E-state index in [1.165, 1.54) is 12.1 Å². The zero-order chi connectivity index (χ0) is 14.0. The molecule has 0 unspecified atom stereocenters. The van der Waals surface area contributed by atoms with Crippen LogP contribution in [0.5, 0.6) is 0 Å². The van der Waals surface area contributed by atoms with Crippen molar-refractivity contribution in [1.29, 1.82) is 0 Å². The average molecular weight is 303 g/mol. The molecule has 1 saturated heterocycles. The topological polar surface area (TPSA) is 32.3 Å². The molecule has 1 amide bonds. The number of nitrogens with zero attached hydrogens (tertiary/aromatic N) is 1. The van der Waals surface area contributed by atoms with Gasteiger partial charge in [0.2, 0.25) is 0 Å². The van der Waals surface area contributed by atoms with Gasteiger partial charge in [0, 0.05) is 18.6 Å². The molecule has 0 saturated carbocycles. The van der Waals surface area contributed by atoms with E-state index in [1.54, 1.807) is 0 Å². The summed E-state index contributed by atoms with van der Waals surface area (Å²) in [5, 5.41) is 3.21. The van der Waals surface area contributed by atoms with Crippen LogP contribution >= 0.6 is 24.4 Å². The minimum atomic E-state index is -0.468. The summed E-state index contributed by atoms with van der Waals surface area (Å²) in [6, 6.07) is 3.79. The third-order valence-corrected chi connectivity index (χ3v) is 4.16. The van der Waals surface area contributed by atoms with E-state index in [1.807, 2.05) is 11.2 Å². The molecule has 6 heteroatoms. The summed E-state index contributed by atoms with van der Waals surface area (Å²) in [6.45, 7) is 3.59. The van der Waals surface area contributed by atoms with Crippen molar-refractivity contribution >= 4 is 30.3 Å². The molecule has 1 fully saturated rings. The lowest BCUT2D eigenvalue weighted by atomic mass is 9.90. The number of thiol groups is 1. The zero-order valence-corrected chi connectivity index (χ0v) is 12.3. The standard InChI is InChI=1S/C13H16ClFN2OS/c1-13(4-6-17(19)7-5-13)16-12(18)10-8-9(15)2-3-11(10)14/h2-3,8,19H,4-7H2,1H3,(H,16,18). The van der Waals surface area contributed by atoms with Crippen LogP contribution in [0.2, 0.25) is 5.02 Å². The number of nitrogens with one attached hydrogen (secondary N) is 1. The van der Waals surface area contributed by atoms with Gasteiger partial charge in [0.1, 0.15) is 5.82 Å². The Hall–Kier alpha value is -0.780. The summed E-state index contributed by atoms with van der Waals surface area (Å²) in [7, 11) is 0. The Bertz CT molecular complexity index is 490. The molecular formula is C13H16ClFN2OS. The molecule has 0 atom stereocenters. The van der Waals surface area contributed by atoms with Crippen molar-refractivity contribution in [2.24, 2.45) is 0 Å². The second kappa shape index (κ2) is 5.69. The fourth-order valence-corrected chi connectivity index (χ4v) is 2.53. The zero-order valence-electron chi connectivity index (χ0n) is 10.6. The van der Waals surface area contributed by atoms with E-state index in [-0.39, 0.29) is 22.0 Å². The van der Waals surface area contributed by atoms with Crippen LogP contribution in [0.3, 0.4) is 0 Å². The van der Waals surface area contributed by atoms with Crippen LogP contribution < -0.4 is 5.32 Å². The van der Waals surface area contributed by atoms with Crippen molar-refractivity contribution < 1.29 is 9.18 Å². The van der Waals surface area contributed by atoms with Crippen molar-refractivity contribution in [3.63, 3.8) is 0 Å². The Morgan fingerprint density at radius 1 is 1.47 bits per heavy atom. The summed E-state index contributed by atoms with van der Waals surface area (Å²) < 4.78 is 15.1. The molecule has 0 bridgehead atoms. The molecule has 1 N–H and O–H groups in total. The molecule has 19 heavy (non-hydrogen) atoms. The van der Waals surface area contributed by atoms with Crippen LogP contribution in [0, 0.1) is 5.82 Å². The summed E-state index contributed by atoms with van der Waals surface area (Å²) in [5.41, 5.74) is -0.123. The number of amides is 1. The number of halogens is 2. The lowest BCUT2D eigenvalue weighted by molar-refractivity contribution is 0.0874. The van der Waals surface area contributed by atoms with E-state index in [9.17, 15) is 9.18 Å². The van der Waals surface area contributed by atoms with E-state index < -0.39 is 5.82 Å². The molecule has 1 aliphatic rings. The molecule has 1 heterocycles. The molecule has 3 nitrogen and oxygen atoms in total. The normalized spacial score (nSPS) is 19.2. The quantitative estimate of drug-likeness (QED) is 0.823. The van der Waals surface area contributed by atoms with Crippen LogP contribution in [0.1, 0.15) is 30.1 Å². The molecule has 0 radical (unpaired) electrons. The van der Waals surface area contributed by atoms with Gasteiger partial charge in [-0.3, -0.25) is 9.10 Å². The van der Waals surface area contributed by atoms with Crippen molar-refractivity contribution in [2.75, 3.05) is 13.1 Å². The number of piperidine rings is 1. The molecule has 1 aromatic carbocycles. The molecule has 1 aliphatic heterocycles. The number of hydrogen-bond acceptors (Lipinski definition) is 3. The first-order valence-corrected chi connectivity index (χ1v) is 6.89. The first-order chi connectivity index (χ1) is 8.89. The monoisotopic (exact) mass is 302 g/mol. The predicted octanol–water partition coefficient (Wildman–Crippen LogP) is 2.91. The fourth-order valence-electron chi connectivity index (χ4n) is 2.13. The Morgan fingerprint density at radius 2 is 2.11 bits per heavy atom. The lowest BCUT2D eigenvalue weighted by Crippen LogP contribution is -2.51. The maximum absolute atomic E-state index is 13.2. The molecular weight excluding hydrogens is 287 g/mol. The van der Waals surface area contributed by atoms with Gasteiger partial charge in [-0.05, 0) is 38.0 Å². The van der Waals surface area contributed by atoms with Gasteiger partial charge >= 0.3 is 0 Å². The van der Waals surface area contributed by atoms with Crippen LogP contribution in [0.4, 0.5) is 4.39 Å². The van der Waals surface area contributed by atoms with Gasteiger partial charge in [-0.1, -0.05) is 24.4 Å². The highest BCUT2D eigenvalue weighted by Gasteiger charge is 2.31. The van der Waals surface area contributed by atoms with E-state index >= 15 is 0 Å². The van der Waals surface area contributed by atoms with E-state index in [4.69, 9.17) is 11.6 Å². The van der Waals surface area contributed by atoms with Crippen LogP contribution in [-0.4, -0.2) is 28.8 Å². The minimum Gasteiger partial charge on any atom is -0.347 e. The number of rotatable bonds is 2. The molecule has 0 aromatic heterocycles. The maximum Gasteiger partial charge on any atom is 0.253 e. The highest BCUT2D eigenvalue weighted by atomic mass is 35.5. The lowest BCUT2D eigenvalue weighted by Gasteiger charge is -2.38.